The fraction of sp³-hybridized carbons (Fsp3) is 0.571. The maximum Gasteiger partial charge on any atom is 0.238 e. The van der Waals surface area contributed by atoms with Crippen LogP contribution in [0.2, 0.25) is 0 Å². The Hall–Kier alpha value is -0.950. The molecule has 0 unspecified atom stereocenters. The van der Waals surface area contributed by atoms with Gasteiger partial charge in [-0.2, -0.15) is 0 Å². The van der Waals surface area contributed by atoms with E-state index in [0.717, 1.165) is 44.2 Å². The Morgan fingerprint density at radius 3 is 2.25 bits per heavy atom. The number of primary sulfonamides is 1. The summed E-state index contributed by atoms with van der Waals surface area (Å²) >= 11 is 0. The molecule has 0 bridgehead atoms. The largest absolute Gasteiger partial charge is 0.328 e. The summed E-state index contributed by atoms with van der Waals surface area (Å²) < 4.78 is 22.3. The number of hydrogen-bond donors (Lipinski definition) is 3. The zero-order chi connectivity index (χ0) is 14.6. The standard InChI is InChI=1S/C14H23N3O2S/c15-12-3-5-13(6-4-12)17-10-9-11-1-7-14(8-2-11)20(16,18)19/h1-2,7-8,12-13,17H,3-6,9-10,15H2,(H2,16,18,19). The van der Waals surface area contributed by atoms with Crippen LogP contribution in [0.1, 0.15) is 31.2 Å². The van der Waals surface area contributed by atoms with Crippen molar-refractivity contribution >= 4 is 10.0 Å². The predicted octanol–water partition coefficient (Wildman–Crippen LogP) is 0.736. The molecule has 0 heterocycles. The number of nitrogens with two attached hydrogens (primary N) is 2. The summed E-state index contributed by atoms with van der Waals surface area (Å²) in [5.41, 5.74) is 6.99. The molecule has 0 amide bonds. The van der Waals surface area contributed by atoms with Crippen molar-refractivity contribution in [2.45, 2.75) is 49.1 Å². The Kier molecular flexibility index (Phi) is 5.15. The molecule has 2 rings (SSSR count). The van der Waals surface area contributed by atoms with Gasteiger partial charge >= 0.3 is 0 Å². The number of rotatable bonds is 5. The Morgan fingerprint density at radius 2 is 1.70 bits per heavy atom. The van der Waals surface area contributed by atoms with Crippen LogP contribution < -0.4 is 16.2 Å². The van der Waals surface area contributed by atoms with E-state index in [1.807, 2.05) is 12.1 Å². The first-order valence-electron chi connectivity index (χ1n) is 7.06. The van der Waals surface area contributed by atoms with Gasteiger partial charge in [0.2, 0.25) is 10.0 Å². The Labute approximate surface area is 120 Å². The predicted molar refractivity (Wildman–Crippen MR) is 79.8 cm³/mol. The van der Waals surface area contributed by atoms with Gasteiger partial charge in [0.05, 0.1) is 4.90 Å². The second-order valence-corrected chi connectivity index (χ2v) is 7.07. The summed E-state index contributed by atoms with van der Waals surface area (Å²) in [7, 11) is -3.59. The van der Waals surface area contributed by atoms with Crippen molar-refractivity contribution in [3.05, 3.63) is 29.8 Å². The normalized spacial score (nSPS) is 23.7. The average molecular weight is 297 g/mol. The van der Waals surface area contributed by atoms with Gasteiger partial charge in [0.25, 0.3) is 0 Å². The lowest BCUT2D eigenvalue weighted by molar-refractivity contribution is 0.344. The number of hydrogen-bond acceptors (Lipinski definition) is 4. The van der Waals surface area contributed by atoms with Crippen molar-refractivity contribution in [2.75, 3.05) is 6.54 Å². The molecule has 0 radical (unpaired) electrons. The van der Waals surface area contributed by atoms with E-state index in [0.29, 0.717) is 12.1 Å². The van der Waals surface area contributed by atoms with E-state index in [4.69, 9.17) is 10.9 Å². The lowest BCUT2D eigenvalue weighted by Gasteiger charge is -2.26. The zero-order valence-corrected chi connectivity index (χ0v) is 12.4. The van der Waals surface area contributed by atoms with Crippen LogP contribution in [0.4, 0.5) is 0 Å². The smallest absolute Gasteiger partial charge is 0.238 e. The second kappa shape index (κ2) is 6.67. The summed E-state index contributed by atoms with van der Waals surface area (Å²) in [6, 6.07) is 7.70. The SMILES string of the molecule is NC1CCC(NCCc2ccc(S(N)(=O)=O)cc2)CC1. The van der Waals surface area contributed by atoms with E-state index in [2.05, 4.69) is 5.32 Å². The van der Waals surface area contributed by atoms with Crippen LogP contribution in [0.15, 0.2) is 29.2 Å². The molecule has 0 atom stereocenters. The minimum Gasteiger partial charge on any atom is -0.328 e. The van der Waals surface area contributed by atoms with Crippen LogP contribution >= 0.6 is 0 Å². The van der Waals surface area contributed by atoms with E-state index >= 15 is 0 Å². The molecule has 0 spiro atoms. The number of benzene rings is 1. The molecule has 0 aliphatic heterocycles. The maximum atomic E-state index is 11.1. The summed E-state index contributed by atoms with van der Waals surface area (Å²) in [6.07, 6.45) is 5.37. The van der Waals surface area contributed by atoms with E-state index in [1.165, 1.54) is 0 Å². The molecule has 1 aliphatic carbocycles. The van der Waals surface area contributed by atoms with E-state index in [9.17, 15) is 8.42 Å². The number of sulfonamides is 1. The van der Waals surface area contributed by atoms with Gasteiger partial charge in [0.1, 0.15) is 0 Å². The summed E-state index contributed by atoms with van der Waals surface area (Å²) in [4.78, 5) is 0.162. The third kappa shape index (κ3) is 4.56. The molecular weight excluding hydrogens is 274 g/mol. The lowest BCUT2D eigenvalue weighted by atomic mass is 9.92. The molecule has 6 heteroatoms. The molecule has 5 N–H and O–H groups in total. The highest BCUT2D eigenvalue weighted by atomic mass is 32.2. The van der Waals surface area contributed by atoms with Crippen LogP contribution in [0.3, 0.4) is 0 Å². The van der Waals surface area contributed by atoms with Crippen molar-refractivity contribution in [3.8, 4) is 0 Å². The fourth-order valence-electron chi connectivity index (χ4n) is 2.59. The van der Waals surface area contributed by atoms with Gasteiger partial charge in [-0.05, 0) is 56.3 Å². The van der Waals surface area contributed by atoms with Gasteiger partial charge < -0.3 is 11.1 Å². The highest BCUT2D eigenvalue weighted by Gasteiger charge is 2.17. The molecule has 5 nitrogen and oxygen atoms in total. The zero-order valence-electron chi connectivity index (χ0n) is 11.6. The summed E-state index contributed by atoms with van der Waals surface area (Å²) in [5.74, 6) is 0. The van der Waals surface area contributed by atoms with Crippen molar-refractivity contribution in [3.63, 3.8) is 0 Å². The Morgan fingerprint density at radius 1 is 1.10 bits per heavy atom. The molecule has 1 fully saturated rings. The van der Waals surface area contributed by atoms with E-state index < -0.39 is 10.0 Å². The van der Waals surface area contributed by atoms with Crippen molar-refractivity contribution in [1.82, 2.24) is 5.32 Å². The van der Waals surface area contributed by atoms with Gasteiger partial charge in [-0.25, -0.2) is 13.6 Å². The van der Waals surface area contributed by atoms with Gasteiger partial charge in [-0.3, -0.25) is 0 Å². The molecule has 1 aromatic carbocycles. The van der Waals surface area contributed by atoms with Gasteiger partial charge in [-0.1, -0.05) is 12.1 Å². The molecule has 1 saturated carbocycles. The second-order valence-electron chi connectivity index (χ2n) is 5.50. The first-order valence-corrected chi connectivity index (χ1v) is 8.60. The third-order valence-electron chi connectivity index (χ3n) is 3.87. The molecular formula is C14H23N3O2S. The first kappa shape index (κ1) is 15.4. The van der Waals surface area contributed by atoms with Crippen molar-refractivity contribution in [2.24, 2.45) is 10.9 Å². The van der Waals surface area contributed by atoms with Crippen LogP contribution in [0, 0.1) is 0 Å². The van der Waals surface area contributed by atoms with Gasteiger partial charge in [-0.15, -0.1) is 0 Å². The molecule has 1 aliphatic rings. The molecule has 0 aromatic heterocycles. The van der Waals surface area contributed by atoms with Crippen LogP contribution in [-0.2, 0) is 16.4 Å². The lowest BCUT2D eigenvalue weighted by Crippen LogP contribution is -2.38. The van der Waals surface area contributed by atoms with Crippen LogP contribution in [0.25, 0.3) is 0 Å². The number of nitrogens with one attached hydrogen (secondary N) is 1. The van der Waals surface area contributed by atoms with Crippen LogP contribution in [-0.4, -0.2) is 27.0 Å². The van der Waals surface area contributed by atoms with Crippen molar-refractivity contribution in [1.29, 1.82) is 0 Å². The molecule has 20 heavy (non-hydrogen) atoms. The van der Waals surface area contributed by atoms with Crippen LogP contribution in [0.5, 0.6) is 0 Å². The maximum absolute atomic E-state index is 11.1. The monoisotopic (exact) mass is 297 g/mol. The highest BCUT2D eigenvalue weighted by Crippen LogP contribution is 2.17. The average Bonchev–Trinajstić information content (AvgIpc) is 2.41. The van der Waals surface area contributed by atoms with Gasteiger partial charge in [0.15, 0.2) is 0 Å². The third-order valence-corrected chi connectivity index (χ3v) is 4.80. The molecule has 1 aromatic rings. The first-order chi connectivity index (χ1) is 9.45. The molecule has 0 saturated heterocycles. The van der Waals surface area contributed by atoms with Gasteiger partial charge in [0, 0.05) is 12.1 Å². The fourth-order valence-corrected chi connectivity index (χ4v) is 3.11. The highest BCUT2D eigenvalue weighted by molar-refractivity contribution is 7.89. The quantitative estimate of drug-likeness (QED) is 0.746. The van der Waals surface area contributed by atoms with E-state index in [1.54, 1.807) is 12.1 Å². The Balaban J connectivity index is 1.77. The topological polar surface area (TPSA) is 98.2 Å². The minimum atomic E-state index is -3.59. The minimum absolute atomic E-state index is 0.162. The van der Waals surface area contributed by atoms with Crippen molar-refractivity contribution < 1.29 is 8.42 Å². The summed E-state index contributed by atoms with van der Waals surface area (Å²) in [5, 5.41) is 8.60. The summed E-state index contributed by atoms with van der Waals surface area (Å²) in [6.45, 7) is 0.897. The Bertz CT molecular complexity index is 520. The van der Waals surface area contributed by atoms with E-state index in [-0.39, 0.29) is 4.90 Å². The molecule has 112 valence electrons.